The summed E-state index contributed by atoms with van der Waals surface area (Å²) in [5.74, 6) is -0.0247. The molecule has 1 N–H and O–H groups in total. The molecule has 0 aliphatic heterocycles. The van der Waals surface area contributed by atoms with Gasteiger partial charge in [-0.3, -0.25) is 0 Å². The molecule has 1 atom stereocenters. The Hall–Kier alpha value is -1.39. The van der Waals surface area contributed by atoms with Crippen LogP contribution in [-0.4, -0.2) is 7.11 Å². The Morgan fingerprint density at radius 3 is 2.70 bits per heavy atom. The average Bonchev–Trinajstić information content (AvgIpc) is 2.46. The molecule has 0 radical (unpaired) electrons. The summed E-state index contributed by atoms with van der Waals surface area (Å²) in [4.78, 5) is 0. The fourth-order valence-corrected chi connectivity index (χ4v) is 2.42. The Morgan fingerprint density at radius 2 is 2.00 bits per heavy atom. The first-order valence-corrected chi connectivity index (χ1v) is 7.21. The van der Waals surface area contributed by atoms with Crippen LogP contribution in [-0.2, 0) is 6.54 Å². The van der Waals surface area contributed by atoms with Crippen LogP contribution in [0.4, 0.5) is 4.39 Å². The number of rotatable bonds is 5. The van der Waals surface area contributed by atoms with E-state index < -0.39 is 0 Å². The molecule has 0 spiro atoms. The molecule has 0 bridgehead atoms. The second-order valence-corrected chi connectivity index (χ2v) is 5.51. The van der Waals surface area contributed by atoms with E-state index in [2.05, 4.69) is 34.2 Å². The maximum Gasteiger partial charge on any atom is 0.169 e. The number of methoxy groups -OCH3 is 1. The predicted octanol–water partition coefficient (Wildman–Crippen LogP) is 4.45. The molecule has 0 saturated carbocycles. The minimum absolute atomic E-state index is 0.137. The van der Waals surface area contributed by atoms with E-state index in [1.165, 1.54) is 7.11 Å². The van der Waals surface area contributed by atoms with Gasteiger partial charge >= 0.3 is 0 Å². The van der Waals surface area contributed by atoms with E-state index in [0.717, 1.165) is 10.0 Å². The Bertz CT molecular complexity index is 588. The monoisotopic (exact) mass is 337 g/mol. The van der Waals surface area contributed by atoms with Crippen molar-refractivity contribution in [2.24, 2.45) is 0 Å². The van der Waals surface area contributed by atoms with Crippen LogP contribution in [0.25, 0.3) is 0 Å². The molecule has 20 heavy (non-hydrogen) atoms. The molecule has 0 aliphatic rings. The predicted molar refractivity (Wildman–Crippen MR) is 82.3 cm³/mol. The highest BCUT2D eigenvalue weighted by Crippen LogP contribution is 2.22. The number of halogens is 2. The van der Waals surface area contributed by atoms with Gasteiger partial charge in [0.1, 0.15) is 0 Å². The van der Waals surface area contributed by atoms with Crippen molar-refractivity contribution in [2.75, 3.05) is 7.11 Å². The lowest BCUT2D eigenvalue weighted by atomic mass is 10.1. The molecule has 106 valence electrons. The van der Waals surface area contributed by atoms with Crippen LogP contribution in [0.1, 0.15) is 24.1 Å². The van der Waals surface area contributed by atoms with Crippen LogP contribution >= 0.6 is 15.9 Å². The largest absolute Gasteiger partial charge is 0.494 e. The molecule has 2 aromatic rings. The summed E-state index contributed by atoms with van der Waals surface area (Å²) in [5.41, 5.74) is 1.76. The van der Waals surface area contributed by atoms with Crippen molar-refractivity contribution in [3.05, 3.63) is 63.9 Å². The zero-order valence-electron chi connectivity index (χ0n) is 11.5. The number of hydrogen-bond acceptors (Lipinski definition) is 2. The summed E-state index contributed by atoms with van der Waals surface area (Å²) in [6, 6.07) is 13.4. The highest BCUT2D eigenvalue weighted by Gasteiger charge is 2.10. The van der Waals surface area contributed by atoms with Crippen molar-refractivity contribution in [3.8, 4) is 5.75 Å². The van der Waals surface area contributed by atoms with Gasteiger partial charge < -0.3 is 10.1 Å². The molecule has 2 aromatic carbocycles. The Morgan fingerprint density at radius 1 is 1.25 bits per heavy atom. The van der Waals surface area contributed by atoms with Crippen LogP contribution in [0.15, 0.2) is 46.9 Å². The molecule has 0 amide bonds. The van der Waals surface area contributed by atoms with Gasteiger partial charge in [0.05, 0.1) is 7.11 Å². The van der Waals surface area contributed by atoms with Crippen LogP contribution in [0, 0.1) is 5.82 Å². The van der Waals surface area contributed by atoms with Gasteiger partial charge in [0.2, 0.25) is 0 Å². The lowest BCUT2D eigenvalue weighted by Gasteiger charge is -2.15. The van der Waals surface area contributed by atoms with Gasteiger partial charge in [0, 0.05) is 22.6 Å². The molecular formula is C16H17BrFNO. The fraction of sp³-hybridized carbons (Fsp3) is 0.250. The average molecular weight is 338 g/mol. The van der Waals surface area contributed by atoms with E-state index in [0.29, 0.717) is 12.1 Å². The van der Waals surface area contributed by atoms with Crippen molar-refractivity contribution in [1.82, 2.24) is 5.32 Å². The summed E-state index contributed by atoms with van der Waals surface area (Å²) >= 11 is 3.45. The molecule has 4 heteroatoms. The second kappa shape index (κ2) is 6.86. The van der Waals surface area contributed by atoms with Crippen LogP contribution in [0.3, 0.4) is 0 Å². The summed E-state index contributed by atoms with van der Waals surface area (Å²) in [6.07, 6.45) is 0. The first kappa shape index (κ1) is 15.0. The zero-order chi connectivity index (χ0) is 14.5. The SMILES string of the molecule is COc1cccc(CNC(C)c2cccc(Br)c2)c1F. The smallest absolute Gasteiger partial charge is 0.169 e. The molecule has 0 fully saturated rings. The molecule has 1 unspecified atom stereocenters. The maximum atomic E-state index is 14.0. The summed E-state index contributed by atoms with van der Waals surface area (Å²) in [7, 11) is 1.47. The van der Waals surface area contributed by atoms with Gasteiger partial charge in [-0.15, -0.1) is 0 Å². The van der Waals surface area contributed by atoms with Gasteiger partial charge in [-0.1, -0.05) is 40.2 Å². The normalized spacial score (nSPS) is 12.2. The number of nitrogens with one attached hydrogen (secondary N) is 1. The van der Waals surface area contributed by atoms with Gasteiger partial charge in [-0.25, -0.2) is 4.39 Å². The molecule has 0 saturated heterocycles. The topological polar surface area (TPSA) is 21.3 Å². The van der Waals surface area contributed by atoms with Crippen molar-refractivity contribution < 1.29 is 9.13 Å². The van der Waals surface area contributed by atoms with E-state index in [1.54, 1.807) is 18.2 Å². The van der Waals surface area contributed by atoms with E-state index >= 15 is 0 Å². The van der Waals surface area contributed by atoms with Crippen LogP contribution in [0.5, 0.6) is 5.75 Å². The zero-order valence-corrected chi connectivity index (χ0v) is 13.1. The summed E-state index contributed by atoms with van der Waals surface area (Å²) < 4.78 is 20.0. The Labute approximate surface area is 127 Å². The second-order valence-electron chi connectivity index (χ2n) is 4.59. The molecule has 0 aliphatic carbocycles. The van der Waals surface area contributed by atoms with Gasteiger partial charge in [-0.2, -0.15) is 0 Å². The first-order valence-electron chi connectivity index (χ1n) is 6.42. The molecule has 2 nitrogen and oxygen atoms in total. The highest BCUT2D eigenvalue weighted by atomic mass is 79.9. The minimum Gasteiger partial charge on any atom is -0.494 e. The van der Waals surface area contributed by atoms with E-state index in [-0.39, 0.29) is 17.6 Å². The van der Waals surface area contributed by atoms with Gasteiger partial charge in [-0.05, 0) is 30.7 Å². The Kier molecular flexibility index (Phi) is 5.15. The summed E-state index contributed by atoms with van der Waals surface area (Å²) in [6.45, 7) is 2.51. The quantitative estimate of drug-likeness (QED) is 0.870. The van der Waals surface area contributed by atoms with E-state index in [9.17, 15) is 4.39 Å². The third-order valence-electron chi connectivity index (χ3n) is 3.21. The summed E-state index contributed by atoms with van der Waals surface area (Å²) in [5, 5.41) is 3.32. The van der Waals surface area contributed by atoms with Crippen LogP contribution < -0.4 is 10.1 Å². The van der Waals surface area contributed by atoms with Crippen molar-refractivity contribution in [3.63, 3.8) is 0 Å². The first-order chi connectivity index (χ1) is 9.61. The van der Waals surface area contributed by atoms with Crippen molar-refractivity contribution >= 4 is 15.9 Å². The fourth-order valence-electron chi connectivity index (χ4n) is 2.01. The Balaban J connectivity index is 2.05. The highest BCUT2D eigenvalue weighted by molar-refractivity contribution is 9.10. The molecule has 2 rings (SSSR count). The van der Waals surface area contributed by atoms with Gasteiger partial charge in [0.25, 0.3) is 0 Å². The molecule has 0 heterocycles. The van der Waals surface area contributed by atoms with Crippen LogP contribution in [0.2, 0.25) is 0 Å². The number of benzene rings is 2. The maximum absolute atomic E-state index is 14.0. The van der Waals surface area contributed by atoms with E-state index in [1.807, 2.05) is 18.2 Å². The van der Waals surface area contributed by atoms with Gasteiger partial charge in [0.15, 0.2) is 11.6 Å². The lowest BCUT2D eigenvalue weighted by Crippen LogP contribution is -2.18. The number of hydrogen-bond donors (Lipinski definition) is 1. The third-order valence-corrected chi connectivity index (χ3v) is 3.70. The standard InChI is InChI=1S/C16H17BrFNO/c1-11(12-5-3-7-14(17)9-12)19-10-13-6-4-8-15(20-2)16(13)18/h3-9,11,19H,10H2,1-2H3. The van der Waals surface area contributed by atoms with E-state index in [4.69, 9.17) is 4.74 Å². The lowest BCUT2D eigenvalue weighted by molar-refractivity contribution is 0.382. The van der Waals surface area contributed by atoms with Crippen molar-refractivity contribution in [2.45, 2.75) is 19.5 Å². The third kappa shape index (κ3) is 3.58. The molecule has 0 aromatic heterocycles. The van der Waals surface area contributed by atoms with Crippen molar-refractivity contribution in [1.29, 1.82) is 0 Å². The number of ether oxygens (including phenoxy) is 1. The molecular weight excluding hydrogens is 321 g/mol. The minimum atomic E-state index is -0.302.